The Kier molecular flexibility index (Phi) is 18.3. The highest BCUT2D eigenvalue weighted by Gasteiger charge is 2.36. The van der Waals surface area contributed by atoms with Gasteiger partial charge in [0.2, 0.25) is 11.8 Å². The molecule has 15 heteroatoms. The molecular weight excluding hydrogens is 848 g/mol. The van der Waals surface area contributed by atoms with Gasteiger partial charge in [-0.3, -0.25) is 29.0 Å². The van der Waals surface area contributed by atoms with Crippen LogP contribution in [0.1, 0.15) is 98.3 Å². The van der Waals surface area contributed by atoms with Crippen LogP contribution in [0.3, 0.4) is 0 Å². The second-order valence-corrected chi connectivity index (χ2v) is 17.8. The quantitative estimate of drug-likeness (QED) is 0.199. The number of amides is 4. The summed E-state index contributed by atoms with van der Waals surface area (Å²) in [5, 5.41) is 11.0. The van der Waals surface area contributed by atoms with E-state index in [0.717, 1.165) is 42.1 Å². The molecule has 0 unspecified atom stereocenters. The van der Waals surface area contributed by atoms with E-state index < -0.39 is 22.9 Å². The minimum absolute atomic E-state index is 0. The number of nitrogens with one attached hydrogen (secondary N) is 4. The SMILES string of the molecule is C.C#Cc1ccccc1.CNC(=O)[C@@H](NC(=O)c1nc(Br)n2c1CN(C)CC2)C(C)(C)C.CNC(=O)[C@@H](NC(=O)c1nc(C#Cc2ccccc2)n2c1CN(C)CC2)C(C)(C)C. The van der Waals surface area contributed by atoms with Crippen molar-refractivity contribution in [2.75, 3.05) is 41.3 Å². The molecule has 4 N–H and O–H groups in total. The predicted molar refractivity (Wildman–Crippen MR) is 248 cm³/mol. The summed E-state index contributed by atoms with van der Waals surface area (Å²) in [4.78, 5) is 63.5. The molecule has 2 aliphatic rings. The van der Waals surface area contributed by atoms with E-state index in [0.29, 0.717) is 41.6 Å². The predicted octanol–water partition coefficient (Wildman–Crippen LogP) is 4.90. The highest BCUT2D eigenvalue weighted by Crippen LogP contribution is 2.25. The first-order chi connectivity index (χ1) is 28.8. The number of imidazole rings is 2. The van der Waals surface area contributed by atoms with Crippen LogP contribution in [0.25, 0.3) is 0 Å². The summed E-state index contributed by atoms with van der Waals surface area (Å²) < 4.78 is 4.66. The monoisotopic (exact) mass is 910 g/mol. The Hall–Kier alpha value is -5.74. The number of hydrogen-bond donors (Lipinski definition) is 4. The van der Waals surface area contributed by atoms with Gasteiger partial charge in [0.15, 0.2) is 21.9 Å². The lowest BCUT2D eigenvalue weighted by Gasteiger charge is -2.30. The lowest BCUT2D eigenvalue weighted by molar-refractivity contribution is -0.125. The first-order valence-electron chi connectivity index (χ1n) is 20.1. The first-order valence-corrected chi connectivity index (χ1v) is 20.9. The van der Waals surface area contributed by atoms with E-state index >= 15 is 0 Å². The van der Waals surface area contributed by atoms with Gasteiger partial charge in [0.25, 0.3) is 11.8 Å². The average Bonchev–Trinajstić information content (AvgIpc) is 3.76. The van der Waals surface area contributed by atoms with Crippen molar-refractivity contribution in [2.24, 2.45) is 10.8 Å². The van der Waals surface area contributed by atoms with Gasteiger partial charge < -0.3 is 30.4 Å². The largest absolute Gasteiger partial charge is 0.357 e. The van der Waals surface area contributed by atoms with Crippen molar-refractivity contribution in [3.05, 3.63) is 105 Å². The number of aromatic nitrogens is 4. The van der Waals surface area contributed by atoms with Crippen molar-refractivity contribution in [1.82, 2.24) is 50.2 Å². The van der Waals surface area contributed by atoms with Gasteiger partial charge in [0, 0.05) is 64.5 Å². The highest BCUT2D eigenvalue weighted by molar-refractivity contribution is 9.10. The summed E-state index contributed by atoms with van der Waals surface area (Å²) >= 11 is 3.41. The fourth-order valence-electron chi connectivity index (χ4n) is 6.62. The van der Waals surface area contributed by atoms with Crippen LogP contribution >= 0.6 is 15.9 Å². The smallest absolute Gasteiger partial charge is 0.272 e. The maximum absolute atomic E-state index is 13.2. The lowest BCUT2D eigenvalue weighted by atomic mass is 9.86. The molecule has 0 radical (unpaired) electrons. The van der Waals surface area contributed by atoms with Crippen molar-refractivity contribution in [1.29, 1.82) is 0 Å². The van der Waals surface area contributed by atoms with Crippen LogP contribution < -0.4 is 21.3 Å². The van der Waals surface area contributed by atoms with Crippen molar-refractivity contribution < 1.29 is 19.2 Å². The average molecular weight is 912 g/mol. The van der Waals surface area contributed by atoms with Gasteiger partial charge in [-0.2, -0.15) is 0 Å². The lowest BCUT2D eigenvalue weighted by Crippen LogP contribution is -2.53. The van der Waals surface area contributed by atoms with Crippen LogP contribution in [-0.2, 0) is 35.8 Å². The summed E-state index contributed by atoms with van der Waals surface area (Å²) in [6.45, 7) is 16.0. The molecular formula is C47H63BrN10O4. The highest BCUT2D eigenvalue weighted by atomic mass is 79.9. The maximum atomic E-state index is 13.2. The Balaban J connectivity index is 0.000000282. The summed E-state index contributed by atoms with van der Waals surface area (Å²) in [6, 6.07) is 18.0. The van der Waals surface area contributed by atoms with E-state index in [2.05, 4.69) is 74.7 Å². The van der Waals surface area contributed by atoms with Crippen molar-refractivity contribution in [3.8, 4) is 24.2 Å². The van der Waals surface area contributed by atoms with E-state index in [-0.39, 0.29) is 31.1 Å². The van der Waals surface area contributed by atoms with Crippen LogP contribution in [0, 0.1) is 35.0 Å². The zero-order chi connectivity index (χ0) is 45.1. The van der Waals surface area contributed by atoms with Gasteiger partial charge in [-0.05, 0) is 71.0 Å². The third kappa shape index (κ3) is 13.4. The minimum atomic E-state index is -0.674. The summed E-state index contributed by atoms with van der Waals surface area (Å²) in [6.07, 6.45) is 5.10. The van der Waals surface area contributed by atoms with E-state index in [9.17, 15) is 19.2 Å². The number of carbonyl (C=O) groups excluding carboxylic acids is 4. The summed E-state index contributed by atoms with van der Waals surface area (Å²) in [5.41, 5.74) is 3.38. The van der Waals surface area contributed by atoms with E-state index in [1.807, 2.05) is 125 Å². The van der Waals surface area contributed by atoms with Gasteiger partial charge in [-0.1, -0.05) is 97.2 Å². The number of halogens is 1. The van der Waals surface area contributed by atoms with Crippen molar-refractivity contribution >= 4 is 39.6 Å². The Morgan fingerprint density at radius 3 is 1.50 bits per heavy atom. The number of terminal acetylenes is 1. The molecule has 2 aliphatic heterocycles. The van der Waals surface area contributed by atoms with Gasteiger partial charge in [-0.25, -0.2) is 9.97 Å². The molecule has 332 valence electrons. The molecule has 4 aromatic rings. The summed E-state index contributed by atoms with van der Waals surface area (Å²) in [5.74, 6) is 8.22. The number of hydrogen-bond acceptors (Lipinski definition) is 8. The number of nitrogens with zero attached hydrogens (tertiary/aromatic N) is 6. The molecule has 0 fully saturated rings. The van der Waals surface area contributed by atoms with Crippen LogP contribution in [0.2, 0.25) is 0 Å². The number of fused-ring (bicyclic) bond motifs is 2. The molecule has 4 amide bonds. The first kappa shape index (κ1) is 50.6. The molecule has 0 bridgehead atoms. The molecule has 0 spiro atoms. The van der Waals surface area contributed by atoms with Crippen LogP contribution in [0.15, 0.2) is 65.4 Å². The molecule has 2 atom stereocenters. The zero-order valence-electron chi connectivity index (χ0n) is 36.9. The molecule has 0 aliphatic carbocycles. The van der Waals surface area contributed by atoms with E-state index in [4.69, 9.17) is 6.42 Å². The molecule has 0 saturated heterocycles. The van der Waals surface area contributed by atoms with E-state index in [1.165, 1.54) is 0 Å². The molecule has 4 heterocycles. The molecule has 62 heavy (non-hydrogen) atoms. The van der Waals surface area contributed by atoms with Crippen molar-refractivity contribution in [3.63, 3.8) is 0 Å². The number of rotatable bonds is 6. The number of likely N-dealkylation sites (N-methyl/N-ethyl adjacent to an activating group) is 4. The van der Waals surface area contributed by atoms with Crippen LogP contribution in [0.5, 0.6) is 0 Å². The van der Waals surface area contributed by atoms with Gasteiger partial charge in [0.1, 0.15) is 12.1 Å². The number of carbonyl (C=O) groups is 4. The van der Waals surface area contributed by atoms with Gasteiger partial charge in [-0.15, -0.1) is 6.42 Å². The zero-order valence-corrected chi connectivity index (χ0v) is 38.5. The Morgan fingerprint density at radius 1 is 0.661 bits per heavy atom. The second kappa shape index (κ2) is 22.4. The fourth-order valence-corrected chi connectivity index (χ4v) is 7.19. The Labute approximate surface area is 376 Å². The Bertz CT molecular complexity index is 2270. The molecule has 14 nitrogen and oxygen atoms in total. The molecule has 0 saturated carbocycles. The van der Waals surface area contributed by atoms with Gasteiger partial charge >= 0.3 is 0 Å². The summed E-state index contributed by atoms with van der Waals surface area (Å²) in [7, 11) is 7.15. The molecule has 2 aromatic carbocycles. The maximum Gasteiger partial charge on any atom is 0.272 e. The second-order valence-electron chi connectivity index (χ2n) is 17.1. The van der Waals surface area contributed by atoms with Gasteiger partial charge in [0.05, 0.1) is 11.4 Å². The molecule has 2 aromatic heterocycles. The normalized spacial score (nSPS) is 14.4. The number of benzene rings is 2. The van der Waals surface area contributed by atoms with Crippen LogP contribution in [0.4, 0.5) is 0 Å². The fraction of sp³-hybridized carbons (Fsp3) is 0.447. The molecule has 6 rings (SSSR count). The van der Waals surface area contributed by atoms with E-state index in [1.54, 1.807) is 14.1 Å². The minimum Gasteiger partial charge on any atom is -0.357 e. The van der Waals surface area contributed by atoms with Crippen molar-refractivity contribution in [2.45, 2.75) is 87.2 Å². The standard InChI is InChI=1S/C23H29N5O2.C15H24BrN5O2.C8H6.CH4/c1-23(2,3)20(22(30)24-4)26-21(29)19-17-15-27(5)13-14-28(17)18(25-19)12-11-16-9-7-6-8-10-16;1-15(2,3)11(13(23)17-4)19-12(22)10-9-8-20(5)6-7-21(9)14(16)18-10;1-2-8-6-4-3-5-7-8;/h6-10,20H,13-15H2,1-5H3,(H,24,30)(H,26,29);11H,6-8H2,1-5H3,(H,17,23)(H,19,22);1,3-7H;1H4/t20-;11-;;/m11../s1. The third-order valence-electron chi connectivity index (χ3n) is 10.1. The third-order valence-corrected chi connectivity index (χ3v) is 10.7. The topological polar surface area (TPSA) is 159 Å². The Morgan fingerprint density at radius 2 is 1.08 bits per heavy atom. The van der Waals surface area contributed by atoms with Crippen LogP contribution in [-0.4, -0.2) is 106 Å².